The molecule has 21 heavy (non-hydrogen) atoms. The van der Waals surface area contributed by atoms with Crippen molar-refractivity contribution in [3.63, 3.8) is 0 Å². The van der Waals surface area contributed by atoms with Crippen LogP contribution in [0, 0.1) is 0 Å². The molecule has 1 aliphatic rings. The summed E-state index contributed by atoms with van der Waals surface area (Å²) in [5, 5.41) is 4.47. The molecule has 0 bridgehead atoms. The van der Waals surface area contributed by atoms with Gasteiger partial charge in [0.2, 0.25) is 0 Å². The van der Waals surface area contributed by atoms with Crippen molar-refractivity contribution in [2.45, 2.75) is 26.1 Å². The van der Waals surface area contributed by atoms with Crippen molar-refractivity contribution in [2.24, 2.45) is 0 Å². The van der Waals surface area contributed by atoms with Crippen LogP contribution in [-0.2, 0) is 19.6 Å². The number of fused-ring (bicyclic) bond motifs is 1. The number of carbonyl (C=O) groups is 1. The van der Waals surface area contributed by atoms with Crippen LogP contribution in [0.15, 0.2) is 29.1 Å². The summed E-state index contributed by atoms with van der Waals surface area (Å²) in [4.78, 5) is 16.4. The fraction of sp³-hybridized carbons (Fsp3) is 0.467. The number of aryl methyl sites for hydroxylation is 1. The Labute approximate surface area is 123 Å². The summed E-state index contributed by atoms with van der Waals surface area (Å²) in [5.41, 5.74) is 2.60. The molecular formula is C15H20N4O2. The van der Waals surface area contributed by atoms with E-state index in [1.807, 2.05) is 16.8 Å². The van der Waals surface area contributed by atoms with Crippen LogP contribution < -0.4 is 0 Å². The van der Waals surface area contributed by atoms with E-state index in [0.717, 1.165) is 37.3 Å². The Bertz CT molecular complexity index is 618. The Balaban J connectivity index is 1.74. The minimum Gasteiger partial charge on any atom is -0.472 e. The minimum atomic E-state index is -0.0561. The number of carbonyl (C=O) groups excluding carboxylic acids is 1. The largest absolute Gasteiger partial charge is 0.472 e. The van der Waals surface area contributed by atoms with E-state index in [-0.39, 0.29) is 5.91 Å². The molecule has 1 aliphatic heterocycles. The van der Waals surface area contributed by atoms with Gasteiger partial charge in [-0.05, 0) is 25.6 Å². The number of aromatic nitrogens is 2. The first-order valence-electron chi connectivity index (χ1n) is 7.15. The first-order chi connectivity index (χ1) is 10.1. The zero-order valence-corrected chi connectivity index (χ0v) is 12.5. The van der Waals surface area contributed by atoms with Crippen molar-refractivity contribution >= 4 is 5.91 Å². The van der Waals surface area contributed by atoms with E-state index in [0.29, 0.717) is 12.2 Å². The lowest BCUT2D eigenvalue weighted by molar-refractivity contribution is 0.0778. The second-order valence-corrected chi connectivity index (χ2v) is 5.63. The Morgan fingerprint density at radius 3 is 3.10 bits per heavy atom. The summed E-state index contributed by atoms with van der Waals surface area (Å²) in [7, 11) is 3.88. The predicted molar refractivity (Wildman–Crippen MR) is 77.7 cm³/mol. The Morgan fingerprint density at radius 1 is 1.48 bits per heavy atom. The zero-order chi connectivity index (χ0) is 14.8. The van der Waals surface area contributed by atoms with Crippen LogP contribution in [0.2, 0.25) is 0 Å². The van der Waals surface area contributed by atoms with E-state index in [9.17, 15) is 4.79 Å². The maximum absolute atomic E-state index is 12.5. The van der Waals surface area contributed by atoms with Crippen molar-refractivity contribution < 1.29 is 9.21 Å². The summed E-state index contributed by atoms with van der Waals surface area (Å²) in [6, 6.07) is 3.77. The Kier molecular flexibility index (Phi) is 3.79. The molecule has 6 nitrogen and oxygen atoms in total. The predicted octanol–water partition coefficient (Wildman–Crippen LogP) is 1.58. The first kappa shape index (κ1) is 13.9. The quantitative estimate of drug-likeness (QED) is 0.860. The first-order valence-corrected chi connectivity index (χ1v) is 7.15. The fourth-order valence-corrected chi connectivity index (χ4v) is 2.65. The van der Waals surface area contributed by atoms with Gasteiger partial charge in [0.05, 0.1) is 18.2 Å². The van der Waals surface area contributed by atoms with Gasteiger partial charge in [-0.3, -0.25) is 9.48 Å². The number of rotatable bonds is 3. The van der Waals surface area contributed by atoms with E-state index < -0.39 is 0 Å². The second-order valence-electron chi connectivity index (χ2n) is 5.63. The van der Waals surface area contributed by atoms with Gasteiger partial charge in [0.25, 0.3) is 5.91 Å². The average Bonchev–Trinajstić information content (AvgIpc) is 3.05. The molecule has 0 saturated carbocycles. The van der Waals surface area contributed by atoms with Gasteiger partial charge in [0, 0.05) is 38.8 Å². The van der Waals surface area contributed by atoms with Crippen molar-refractivity contribution in [1.29, 1.82) is 0 Å². The maximum atomic E-state index is 12.5. The molecule has 0 atom stereocenters. The van der Waals surface area contributed by atoms with Crippen molar-refractivity contribution in [3.8, 4) is 0 Å². The molecule has 3 rings (SSSR count). The van der Waals surface area contributed by atoms with E-state index in [1.165, 1.54) is 0 Å². The Morgan fingerprint density at radius 2 is 2.33 bits per heavy atom. The molecule has 0 saturated heterocycles. The van der Waals surface area contributed by atoms with Gasteiger partial charge in [-0.2, -0.15) is 5.10 Å². The lowest BCUT2D eigenvalue weighted by atomic mass is 10.3. The molecule has 0 fully saturated rings. The summed E-state index contributed by atoms with van der Waals surface area (Å²) in [5.74, 6) is -0.0561. The van der Waals surface area contributed by atoms with Crippen LogP contribution in [-0.4, -0.2) is 46.1 Å². The van der Waals surface area contributed by atoms with Crippen LogP contribution in [0.25, 0.3) is 0 Å². The highest BCUT2D eigenvalue weighted by Crippen LogP contribution is 2.14. The summed E-state index contributed by atoms with van der Waals surface area (Å²) >= 11 is 0. The lowest BCUT2D eigenvalue weighted by Gasteiger charge is -2.14. The standard InChI is InChI=1S/C15H20N4O2/c1-17-5-3-6-19-13(10-17)8-14(16-19)15(20)18(2)9-12-4-7-21-11-12/h4,7-8,11H,3,5-6,9-10H2,1-2H3. The monoisotopic (exact) mass is 288 g/mol. The van der Waals surface area contributed by atoms with E-state index in [1.54, 1.807) is 24.5 Å². The normalized spacial score (nSPS) is 15.5. The third kappa shape index (κ3) is 3.00. The summed E-state index contributed by atoms with van der Waals surface area (Å²) in [6.07, 6.45) is 4.33. The zero-order valence-electron chi connectivity index (χ0n) is 12.5. The van der Waals surface area contributed by atoms with Crippen LogP contribution >= 0.6 is 0 Å². The topological polar surface area (TPSA) is 54.5 Å². The van der Waals surface area contributed by atoms with Crippen LogP contribution in [0.3, 0.4) is 0 Å². The molecule has 3 heterocycles. The number of amides is 1. The van der Waals surface area contributed by atoms with Gasteiger partial charge >= 0.3 is 0 Å². The summed E-state index contributed by atoms with van der Waals surface area (Å²) < 4.78 is 6.99. The Hall–Kier alpha value is -2.08. The van der Waals surface area contributed by atoms with E-state index in [4.69, 9.17) is 4.42 Å². The van der Waals surface area contributed by atoms with E-state index in [2.05, 4.69) is 17.0 Å². The van der Waals surface area contributed by atoms with Crippen LogP contribution in [0.5, 0.6) is 0 Å². The van der Waals surface area contributed by atoms with Gasteiger partial charge in [0.15, 0.2) is 5.69 Å². The summed E-state index contributed by atoms with van der Waals surface area (Å²) in [6.45, 7) is 3.30. The number of hydrogen-bond donors (Lipinski definition) is 0. The van der Waals surface area contributed by atoms with Crippen LogP contribution in [0.1, 0.15) is 28.2 Å². The maximum Gasteiger partial charge on any atom is 0.274 e. The molecule has 2 aromatic rings. The lowest BCUT2D eigenvalue weighted by Crippen LogP contribution is -2.26. The van der Waals surface area contributed by atoms with Gasteiger partial charge in [0.1, 0.15) is 0 Å². The van der Waals surface area contributed by atoms with Gasteiger partial charge in [-0.25, -0.2) is 0 Å². The highest BCUT2D eigenvalue weighted by atomic mass is 16.3. The van der Waals surface area contributed by atoms with Crippen LogP contribution in [0.4, 0.5) is 0 Å². The molecule has 2 aromatic heterocycles. The smallest absolute Gasteiger partial charge is 0.274 e. The number of furan rings is 1. The molecule has 0 aromatic carbocycles. The van der Waals surface area contributed by atoms with Gasteiger partial charge < -0.3 is 14.2 Å². The number of hydrogen-bond acceptors (Lipinski definition) is 4. The van der Waals surface area contributed by atoms with Crippen molar-refractivity contribution in [2.75, 3.05) is 20.6 Å². The van der Waals surface area contributed by atoms with Crippen molar-refractivity contribution in [1.82, 2.24) is 19.6 Å². The van der Waals surface area contributed by atoms with Gasteiger partial charge in [-0.15, -0.1) is 0 Å². The minimum absolute atomic E-state index is 0.0561. The molecule has 0 spiro atoms. The highest BCUT2D eigenvalue weighted by molar-refractivity contribution is 5.92. The molecule has 0 radical (unpaired) electrons. The number of nitrogens with zero attached hydrogens (tertiary/aromatic N) is 4. The second kappa shape index (κ2) is 5.73. The SMILES string of the molecule is CN1CCCn2nc(C(=O)N(C)Cc3ccoc3)cc2C1. The molecule has 0 N–H and O–H groups in total. The van der Waals surface area contributed by atoms with Gasteiger partial charge in [-0.1, -0.05) is 0 Å². The van der Waals surface area contributed by atoms with Crippen molar-refractivity contribution in [3.05, 3.63) is 41.6 Å². The highest BCUT2D eigenvalue weighted by Gasteiger charge is 2.20. The molecule has 0 aliphatic carbocycles. The molecule has 6 heteroatoms. The molecule has 0 unspecified atom stereocenters. The fourth-order valence-electron chi connectivity index (χ4n) is 2.65. The molecule has 112 valence electrons. The molecule has 1 amide bonds. The third-order valence-electron chi connectivity index (χ3n) is 3.77. The van der Waals surface area contributed by atoms with E-state index >= 15 is 0 Å². The third-order valence-corrected chi connectivity index (χ3v) is 3.77. The average molecular weight is 288 g/mol. The molecular weight excluding hydrogens is 268 g/mol.